The lowest BCUT2D eigenvalue weighted by molar-refractivity contribution is -0.435. The largest absolute Gasteiger partial charge is 0.593 e. The Morgan fingerprint density at radius 1 is 1.50 bits per heavy atom. The lowest BCUT2D eigenvalue weighted by atomic mass is 10.2. The van der Waals surface area contributed by atoms with Gasteiger partial charge in [-0.15, -0.1) is 0 Å². The molecule has 0 amide bonds. The predicted molar refractivity (Wildman–Crippen MR) is 62.5 cm³/mol. The average Bonchev–Trinajstić information content (AvgIpc) is 2.67. The van der Waals surface area contributed by atoms with Gasteiger partial charge < -0.3 is 5.21 Å². The van der Waals surface area contributed by atoms with Gasteiger partial charge in [0.15, 0.2) is 5.69 Å². The number of aryl methyl sites for hydroxylation is 1. The van der Waals surface area contributed by atoms with Crippen LogP contribution in [0, 0.1) is 23.6 Å². The highest BCUT2D eigenvalue weighted by Crippen LogP contribution is 2.30. The van der Waals surface area contributed by atoms with Crippen LogP contribution in [0.1, 0.15) is 5.69 Å². The van der Waals surface area contributed by atoms with Crippen molar-refractivity contribution in [3.8, 4) is 17.6 Å². The van der Waals surface area contributed by atoms with Crippen LogP contribution in [0.2, 0.25) is 0 Å². The first-order chi connectivity index (χ1) is 8.65. The topological polar surface area (TPSA) is 92.9 Å². The standard InChI is InChI=1S/C11H10N6O/c1-8-11(17(18)14-7-12)10(15-16(8)2)9-5-3-4-6-13-9/h3-6H,1-2H3. The van der Waals surface area contributed by atoms with E-state index in [2.05, 4.69) is 15.2 Å². The minimum atomic E-state index is 0.234. The van der Waals surface area contributed by atoms with E-state index < -0.39 is 0 Å². The van der Waals surface area contributed by atoms with Crippen molar-refractivity contribution in [2.24, 2.45) is 12.2 Å². The third kappa shape index (κ3) is 1.91. The predicted octanol–water partition coefficient (Wildman–Crippen LogP) is 1.87. The molecule has 7 heteroatoms. The zero-order valence-corrected chi connectivity index (χ0v) is 9.90. The summed E-state index contributed by atoms with van der Waals surface area (Å²) in [7, 11) is 1.71. The van der Waals surface area contributed by atoms with Crippen molar-refractivity contribution >= 4 is 5.69 Å². The van der Waals surface area contributed by atoms with Gasteiger partial charge in [0.2, 0.25) is 0 Å². The van der Waals surface area contributed by atoms with Gasteiger partial charge in [0.25, 0.3) is 11.9 Å². The summed E-state index contributed by atoms with van der Waals surface area (Å²) in [4.78, 5) is 4.41. The molecule has 2 heterocycles. The molecule has 0 aliphatic rings. The second-order valence-electron chi connectivity index (χ2n) is 3.59. The van der Waals surface area contributed by atoms with Gasteiger partial charge in [-0.1, -0.05) is 6.07 Å². The molecule has 18 heavy (non-hydrogen) atoms. The number of aromatic nitrogens is 3. The molecule has 0 aliphatic carbocycles. The lowest BCUT2D eigenvalue weighted by Gasteiger charge is -1.99. The zero-order chi connectivity index (χ0) is 13.1. The summed E-state index contributed by atoms with van der Waals surface area (Å²) in [6, 6.07) is 5.31. The molecule has 0 aliphatic heterocycles. The summed E-state index contributed by atoms with van der Waals surface area (Å²) in [5.74, 6) is 0. The highest BCUT2D eigenvalue weighted by molar-refractivity contribution is 5.67. The number of hydrogen-bond donors (Lipinski definition) is 0. The molecule has 2 rings (SSSR count). The Bertz CT molecular complexity index is 638. The summed E-state index contributed by atoms with van der Waals surface area (Å²) < 4.78 is 1.55. The number of pyridine rings is 1. The summed E-state index contributed by atoms with van der Waals surface area (Å²) in [6.45, 7) is 1.73. The first-order valence-electron chi connectivity index (χ1n) is 5.17. The molecule has 0 saturated carbocycles. The fourth-order valence-corrected chi connectivity index (χ4v) is 1.59. The van der Waals surface area contributed by atoms with E-state index in [0.29, 0.717) is 17.1 Å². The molecule has 0 fully saturated rings. The molecule has 0 spiro atoms. The van der Waals surface area contributed by atoms with Gasteiger partial charge in [-0.2, -0.15) is 10.4 Å². The molecule has 0 aromatic carbocycles. The third-order valence-electron chi connectivity index (χ3n) is 2.54. The van der Waals surface area contributed by atoms with Crippen LogP contribution in [0.4, 0.5) is 5.69 Å². The van der Waals surface area contributed by atoms with Gasteiger partial charge in [-0.25, -0.2) is 0 Å². The van der Waals surface area contributed by atoms with E-state index in [0.717, 1.165) is 0 Å². The van der Waals surface area contributed by atoms with E-state index in [-0.39, 0.29) is 10.5 Å². The van der Waals surface area contributed by atoms with Crippen LogP contribution in [-0.2, 0) is 7.05 Å². The second-order valence-corrected chi connectivity index (χ2v) is 3.59. The Kier molecular flexibility index (Phi) is 3.02. The molecule has 0 bridgehead atoms. The zero-order valence-electron chi connectivity index (χ0n) is 9.90. The fraction of sp³-hybridized carbons (Fsp3) is 0.182. The van der Waals surface area contributed by atoms with E-state index in [1.165, 1.54) is 6.19 Å². The van der Waals surface area contributed by atoms with Gasteiger partial charge in [0.05, 0.1) is 10.8 Å². The van der Waals surface area contributed by atoms with Gasteiger partial charge >= 0.3 is 0 Å². The summed E-state index contributed by atoms with van der Waals surface area (Å²) in [5, 5.41) is 27.6. The summed E-state index contributed by atoms with van der Waals surface area (Å²) in [6.07, 6.45) is 3.07. The number of rotatable bonds is 2. The first kappa shape index (κ1) is 11.7. The molecular weight excluding hydrogens is 232 g/mol. The molecule has 0 unspecified atom stereocenters. The van der Waals surface area contributed by atoms with Crippen molar-refractivity contribution in [3.05, 3.63) is 35.3 Å². The molecular formula is C11H10N6O. The summed E-state index contributed by atoms with van der Waals surface area (Å²) >= 11 is 0. The van der Waals surface area contributed by atoms with Gasteiger partial charge in [0.1, 0.15) is 5.69 Å². The van der Waals surface area contributed by atoms with E-state index >= 15 is 0 Å². The van der Waals surface area contributed by atoms with Crippen LogP contribution < -0.4 is 0 Å². The van der Waals surface area contributed by atoms with E-state index in [1.54, 1.807) is 43.0 Å². The van der Waals surface area contributed by atoms with Crippen LogP contribution in [-0.4, -0.2) is 19.6 Å². The van der Waals surface area contributed by atoms with E-state index in [9.17, 15) is 5.21 Å². The van der Waals surface area contributed by atoms with E-state index in [4.69, 9.17) is 5.26 Å². The van der Waals surface area contributed by atoms with Gasteiger partial charge in [-0.3, -0.25) is 9.67 Å². The Labute approximate surface area is 103 Å². The van der Waals surface area contributed by atoms with Gasteiger partial charge in [-0.05, 0) is 23.9 Å². The molecule has 0 atom stereocenters. The SMILES string of the molecule is Cc1c([N+]([O-])=NC#N)c(-c2ccccn2)nn1C. The van der Waals surface area contributed by atoms with Crippen molar-refractivity contribution in [1.29, 1.82) is 5.26 Å². The highest BCUT2D eigenvalue weighted by Gasteiger charge is 2.24. The Balaban J connectivity index is 2.67. The molecule has 0 radical (unpaired) electrons. The normalized spacial score (nSPS) is 11.3. The fourth-order valence-electron chi connectivity index (χ4n) is 1.59. The second kappa shape index (κ2) is 4.63. The Morgan fingerprint density at radius 3 is 2.89 bits per heavy atom. The van der Waals surface area contributed by atoms with Crippen molar-refractivity contribution in [1.82, 2.24) is 14.8 Å². The maximum atomic E-state index is 11.7. The average molecular weight is 242 g/mol. The Hall–Kier alpha value is -2.75. The maximum absolute atomic E-state index is 11.7. The first-order valence-corrected chi connectivity index (χ1v) is 5.17. The van der Waals surface area contributed by atoms with Crippen LogP contribution >= 0.6 is 0 Å². The number of nitrogens with zero attached hydrogens (tertiary/aromatic N) is 6. The molecule has 90 valence electrons. The Morgan fingerprint density at radius 2 is 2.28 bits per heavy atom. The van der Waals surface area contributed by atoms with Gasteiger partial charge in [0, 0.05) is 13.2 Å². The van der Waals surface area contributed by atoms with Crippen LogP contribution in [0.3, 0.4) is 0 Å². The van der Waals surface area contributed by atoms with E-state index in [1.807, 2.05) is 0 Å². The molecule has 0 N–H and O–H groups in total. The molecule has 2 aromatic heterocycles. The number of azo groups is 1. The molecule has 7 nitrogen and oxygen atoms in total. The minimum Gasteiger partial charge on any atom is -0.593 e. The van der Waals surface area contributed by atoms with Crippen molar-refractivity contribution < 1.29 is 4.86 Å². The maximum Gasteiger partial charge on any atom is 0.295 e. The minimum absolute atomic E-state index is 0.234. The number of nitriles is 1. The van der Waals surface area contributed by atoms with Crippen molar-refractivity contribution in [2.45, 2.75) is 6.92 Å². The van der Waals surface area contributed by atoms with Crippen LogP contribution in [0.25, 0.3) is 11.4 Å². The molecule has 0 saturated heterocycles. The number of hydrogen-bond acceptors (Lipinski definition) is 5. The monoisotopic (exact) mass is 242 g/mol. The van der Waals surface area contributed by atoms with Crippen LogP contribution in [0.15, 0.2) is 29.5 Å². The summed E-state index contributed by atoms with van der Waals surface area (Å²) in [5.41, 5.74) is 1.82. The smallest absolute Gasteiger partial charge is 0.295 e. The lowest BCUT2D eigenvalue weighted by Crippen LogP contribution is -1.95. The van der Waals surface area contributed by atoms with Crippen molar-refractivity contribution in [3.63, 3.8) is 0 Å². The third-order valence-corrected chi connectivity index (χ3v) is 2.54. The molecule has 2 aromatic rings. The quantitative estimate of drug-likeness (QED) is 0.347. The van der Waals surface area contributed by atoms with Crippen LogP contribution in [0.5, 0.6) is 0 Å². The highest BCUT2D eigenvalue weighted by atomic mass is 16.5. The van der Waals surface area contributed by atoms with Crippen molar-refractivity contribution in [2.75, 3.05) is 0 Å².